The lowest BCUT2D eigenvalue weighted by Crippen LogP contribution is -2.42. The van der Waals surface area contributed by atoms with Gasteiger partial charge in [-0.3, -0.25) is 0 Å². The van der Waals surface area contributed by atoms with Gasteiger partial charge in [-0.05, 0) is 49.7 Å². The highest BCUT2D eigenvalue weighted by molar-refractivity contribution is 8.18. The lowest BCUT2D eigenvalue weighted by atomic mass is 9.97. The monoisotopic (exact) mass is 406 g/mol. The van der Waals surface area contributed by atoms with Crippen LogP contribution in [0.5, 0.6) is 0 Å². The van der Waals surface area contributed by atoms with E-state index >= 15 is 0 Å². The Hall–Kier alpha value is -0.250. The van der Waals surface area contributed by atoms with Gasteiger partial charge in [-0.25, -0.2) is 4.79 Å². The number of carbonyl (C=O) groups excluding carboxylic acids is 1. The lowest BCUT2D eigenvalue weighted by molar-refractivity contribution is -0.150. The van der Waals surface area contributed by atoms with Crippen molar-refractivity contribution < 1.29 is 30.0 Å². The Bertz CT molecular complexity index is 480. The fourth-order valence-electron chi connectivity index (χ4n) is 3.30. The molecule has 0 aromatic carbocycles. The van der Waals surface area contributed by atoms with Gasteiger partial charge in [-0.1, -0.05) is 6.92 Å². The summed E-state index contributed by atoms with van der Waals surface area (Å²) in [6.07, 6.45) is 2.18. The number of cyclic esters (lactones) is 1. The molecule has 0 spiro atoms. The topological polar surface area (TPSA) is 107 Å². The Kier molecular flexibility index (Phi) is 8.76. The summed E-state index contributed by atoms with van der Waals surface area (Å²) in [6.45, 7) is 1.85. The van der Waals surface area contributed by atoms with Gasteiger partial charge in [0.05, 0.1) is 22.4 Å². The molecule has 0 unspecified atom stereocenters. The molecule has 0 aliphatic carbocycles. The highest BCUT2D eigenvalue weighted by Crippen LogP contribution is 2.49. The minimum Gasteiger partial charge on any atom is -0.456 e. The van der Waals surface area contributed by atoms with Gasteiger partial charge >= 0.3 is 5.97 Å². The molecule has 2 aliphatic heterocycles. The third kappa shape index (κ3) is 6.73. The van der Waals surface area contributed by atoms with Crippen LogP contribution >= 0.6 is 23.5 Å². The number of aliphatic hydroxyl groups is 4. The van der Waals surface area contributed by atoms with E-state index in [1.165, 1.54) is 12.2 Å². The van der Waals surface area contributed by atoms with Gasteiger partial charge in [0.25, 0.3) is 0 Å². The van der Waals surface area contributed by atoms with E-state index in [0.29, 0.717) is 19.3 Å². The maximum Gasteiger partial charge on any atom is 0.330 e. The molecule has 1 saturated heterocycles. The van der Waals surface area contributed by atoms with Crippen molar-refractivity contribution in [2.45, 2.75) is 80.0 Å². The summed E-state index contributed by atoms with van der Waals surface area (Å²) in [6, 6.07) is 0. The molecule has 8 heteroatoms. The SMILES string of the molecule is CC[C@@H](O)C[C@@H](O)C[C@@H](O)CC1(C[C@H]2OC(=O)C=C[C@H]2O)SCCCS1. The minimum atomic E-state index is -0.838. The summed E-state index contributed by atoms with van der Waals surface area (Å²) in [4.78, 5) is 11.5. The molecular formula is C18H30O6S2. The molecule has 2 rings (SSSR count). The van der Waals surface area contributed by atoms with Crippen molar-refractivity contribution in [2.75, 3.05) is 11.5 Å². The standard InChI is InChI=1S/C18H30O6S2/c1-2-12(19)8-13(20)9-14(21)10-18(25-6-3-7-26-18)11-16-15(22)4-5-17(23)24-16/h4-5,12-16,19-22H,2-3,6-11H2,1H3/t12-,13-,14-,15-,16-/m1/s1. The number of esters is 1. The van der Waals surface area contributed by atoms with Gasteiger partial charge in [-0.15, -0.1) is 23.5 Å². The summed E-state index contributed by atoms with van der Waals surface area (Å²) >= 11 is 3.45. The number of aliphatic hydroxyl groups excluding tert-OH is 4. The first-order valence-corrected chi connectivity index (χ1v) is 11.2. The second kappa shape index (κ2) is 10.3. The Balaban J connectivity index is 1.97. The van der Waals surface area contributed by atoms with E-state index in [1.807, 2.05) is 6.92 Å². The summed E-state index contributed by atoms with van der Waals surface area (Å²) in [7, 11) is 0. The summed E-state index contributed by atoms with van der Waals surface area (Å²) in [5.74, 6) is 1.44. The maximum absolute atomic E-state index is 11.5. The molecular weight excluding hydrogens is 376 g/mol. The zero-order valence-corrected chi connectivity index (χ0v) is 16.8. The van der Waals surface area contributed by atoms with Gasteiger partial charge in [0.15, 0.2) is 0 Å². The highest BCUT2D eigenvalue weighted by atomic mass is 32.2. The van der Waals surface area contributed by atoms with Crippen molar-refractivity contribution in [3.05, 3.63) is 12.2 Å². The number of thioether (sulfide) groups is 2. The molecule has 1 fully saturated rings. The molecule has 26 heavy (non-hydrogen) atoms. The summed E-state index contributed by atoms with van der Waals surface area (Å²) < 4.78 is 4.93. The minimum absolute atomic E-state index is 0.201. The van der Waals surface area contributed by atoms with E-state index < -0.39 is 36.5 Å². The largest absolute Gasteiger partial charge is 0.456 e. The van der Waals surface area contributed by atoms with Crippen molar-refractivity contribution >= 4 is 29.5 Å². The molecule has 5 atom stereocenters. The quantitative estimate of drug-likeness (QED) is 0.426. The summed E-state index contributed by atoms with van der Waals surface area (Å²) in [5.41, 5.74) is 0. The highest BCUT2D eigenvalue weighted by Gasteiger charge is 2.41. The number of ether oxygens (including phenoxy) is 1. The van der Waals surface area contributed by atoms with Crippen LogP contribution in [0.4, 0.5) is 0 Å². The average Bonchev–Trinajstić information content (AvgIpc) is 2.58. The first kappa shape index (κ1) is 22.0. The van der Waals surface area contributed by atoms with Gasteiger partial charge in [0.2, 0.25) is 0 Å². The van der Waals surface area contributed by atoms with E-state index in [2.05, 4.69) is 0 Å². The van der Waals surface area contributed by atoms with Crippen molar-refractivity contribution in [3.63, 3.8) is 0 Å². The van der Waals surface area contributed by atoms with Crippen LogP contribution in [-0.2, 0) is 9.53 Å². The number of rotatable bonds is 9. The van der Waals surface area contributed by atoms with Crippen LogP contribution in [-0.4, -0.2) is 72.5 Å². The van der Waals surface area contributed by atoms with Crippen LogP contribution in [0.1, 0.15) is 45.4 Å². The third-order valence-corrected chi connectivity index (χ3v) is 8.13. The third-order valence-electron chi connectivity index (χ3n) is 4.72. The molecule has 2 aliphatic rings. The number of carbonyl (C=O) groups is 1. The van der Waals surface area contributed by atoms with Crippen LogP contribution in [0.25, 0.3) is 0 Å². The van der Waals surface area contributed by atoms with Crippen LogP contribution in [0.2, 0.25) is 0 Å². The number of hydrogen-bond acceptors (Lipinski definition) is 8. The fraction of sp³-hybridized carbons (Fsp3) is 0.833. The average molecular weight is 407 g/mol. The normalized spacial score (nSPS) is 29.0. The van der Waals surface area contributed by atoms with Crippen LogP contribution < -0.4 is 0 Å². The first-order chi connectivity index (χ1) is 12.3. The Labute approximate surface area is 163 Å². The fourth-order valence-corrected chi connectivity index (χ4v) is 6.82. The predicted molar refractivity (Wildman–Crippen MR) is 104 cm³/mol. The van der Waals surface area contributed by atoms with E-state index in [0.717, 1.165) is 17.9 Å². The molecule has 0 aromatic rings. The molecule has 0 aromatic heterocycles. The van der Waals surface area contributed by atoms with Crippen LogP contribution in [0.15, 0.2) is 12.2 Å². The van der Waals surface area contributed by atoms with Gasteiger partial charge in [-0.2, -0.15) is 0 Å². The van der Waals surface area contributed by atoms with Crippen LogP contribution in [0, 0.1) is 0 Å². The van der Waals surface area contributed by atoms with Crippen molar-refractivity contribution in [3.8, 4) is 0 Å². The Morgan fingerprint density at radius 2 is 1.85 bits per heavy atom. The first-order valence-electron chi connectivity index (χ1n) is 9.22. The van der Waals surface area contributed by atoms with E-state index in [9.17, 15) is 25.2 Å². The molecule has 4 N–H and O–H groups in total. The second-order valence-electron chi connectivity index (χ2n) is 7.04. The van der Waals surface area contributed by atoms with Gasteiger partial charge in [0.1, 0.15) is 12.2 Å². The Morgan fingerprint density at radius 1 is 1.19 bits per heavy atom. The molecule has 2 heterocycles. The molecule has 150 valence electrons. The number of hydrogen-bond donors (Lipinski definition) is 4. The molecule has 6 nitrogen and oxygen atoms in total. The van der Waals surface area contributed by atoms with Crippen LogP contribution in [0.3, 0.4) is 0 Å². The van der Waals surface area contributed by atoms with E-state index in [-0.39, 0.29) is 16.9 Å². The second-order valence-corrected chi connectivity index (χ2v) is 10.3. The van der Waals surface area contributed by atoms with Crippen molar-refractivity contribution in [1.29, 1.82) is 0 Å². The van der Waals surface area contributed by atoms with Gasteiger partial charge < -0.3 is 25.2 Å². The van der Waals surface area contributed by atoms with Crippen molar-refractivity contribution in [2.24, 2.45) is 0 Å². The van der Waals surface area contributed by atoms with E-state index in [4.69, 9.17) is 4.74 Å². The lowest BCUT2D eigenvalue weighted by Gasteiger charge is -2.41. The molecule has 0 bridgehead atoms. The van der Waals surface area contributed by atoms with Gasteiger partial charge in [0, 0.05) is 12.5 Å². The van der Waals surface area contributed by atoms with Crippen molar-refractivity contribution in [1.82, 2.24) is 0 Å². The molecule has 0 radical (unpaired) electrons. The zero-order valence-electron chi connectivity index (χ0n) is 15.1. The maximum atomic E-state index is 11.5. The predicted octanol–water partition coefficient (Wildman–Crippen LogP) is 1.45. The Morgan fingerprint density at radius 3 is 2.50 bits per heavy atom. The molecule has 0 amide bonds. The zero-order chi connectivity index (χ0) is 19.2. The smallest absolute Gasteiger partial charge is 0.330 e. The van der Waals surface area contributed by atoms with E-state index in [1.54, 1.807) is 23.5 Å². The summed E-state index contributed by atoms with van der Waals surface area (Å²) in [5, 5.41) is 40.4. The molecule has 0 saturated carbocycles.